The van der Waals surface area contributed by atoms with Crippen LogP contribution in [0.2, 0.25) is 5.02 Å². The molecule has 0 saturated heterocycles. The minimum Gasteiger partial charge on any atom is -0.587 e. The van der Waals surface area contributed by atoms with Crippen LogP contribution in [-0.2, 0) is 0 Å². The number of alkyl halides is 1. The minimum atomic E-state index is -0.425. The number of hydrogen-bond acceptors (Lipinski definition) is 3. The summed E-state index contributed by atoms with van der Waals surface area (Å²) < 4.78 is 0. The molecule has 4 nitrogen and oxygen atoms in total. The average Bonchev–Trinajstić information content (AvgIpc) is 2.94. The van der Waals surface area contributed by atoms with Crippen LogP contribution in [0.5, 0.6) is 0 Å². The summed E-state index contributed by atoms with van der Waals surface area (Å²) in [6.45, 7) is 0. The van der Waals surface area contributed by atoms with Crippen LogP contribution >= 0.6 is 27.5 Å². The summed E-state index contributed by atoms with van der Waals surface area (Å²) in [5, 5.41) is 4.97. The number of amides is 2. The van der Waals surface area contributed by atoms with E-state index in [2.05, 4.69) is 21.2 Å². The largest absolute Gasteiger partial charge is 1.00 e. The first-order valence-corrected chi connectivity index (χ1v) is 9.77. The number of carbonyl (C=O) groups excluding carboxylic acids is 3. The molecule has 136 valence electrons. The molecule has 1 heterocycles. The molecule has 1 aliphatic heterocycles. The van der Waals surface area contributed by atoms with E-state index in [1.165, 1.54) is 0 Å². The van der Waals surface area contributed by atoms with Crippen molar-refractivity contribution >= 4 is 45.1 Å². The molecule has 0 saturated carbocycles. The molecule has 0 N–H and O–H groups in total. The first-order chi connectivity index (χ1) is 12.5. The molecule has 0 radical (unpaired) electrons. The normalized spacial score (nSPS) is 11.6. The number of benzene rings is 2. The molecule has 7 heteroatoms. The number of carbonyl (C=O) groups is 3. The third kappa shape index (κ3) is 7.89. The van der Waals surface area contributed by atoms with Crippen molar-refractivity contribution in [3.63, 3.8) is 0 Å². The van der Waals surface area contributed by atoms with Crippen LogP contribution in [0.15, 0.2) is 48.5 Å². The second-order valence-corrected chi connectivity index (χ2v) is 6.93. The molecular weight excluding hydrogens is 457 g/mol. The first kappa shape index (κ1) is 24.7. The van der Waals surface area contributed by atoms with Crippen LogP contribution in [0.1, 0.15) is 56.8 Å². The van der Waals surface area contributed by atoms with Crippen LogP contribution in [0, 0.1) is 0 Å². The number of fused-ring (bicyclic) bond motifs is 1. The van der Waals surface area contributed by atoms with Crippen molar-refractivity contribution in [3.05, 3.63) is 75.6 Å². The zero-order valence-electron chi connectivity index (χ0n) is 15.1. The first-order valence-electron chi connectivity index (χ1n) is 8.27. The molecule has 0 aliphatic carbocycles. The van der Waals surface area contributed by atoms with Gasteiger partial charge in [0.15, 0.2) is 5.78 Å². The molecule has 2 aromatic carbocycles. The molecule has 0 aromatic heterocycles. The Hall–Kier alpha value is -0.344. The Morgan fingerprint density at radius 1 is 0.889 bits per heavy atom. The molecule has 0 spiro atoms. The van der Waals surface area contributed by atoms with Crippen molar-refractivity contribution in [1.29, 1.82) is 0 Å². The van der Waals surface area contributed by atoms with E-state index >= 15 is 0 Å². The van der Waals surface area contributed by atoms with Gasteiger partial charge in [-0.1, -0.05) is 58.2 Å². The Balaban J connectivity index is 0.000000270. The van der Waals surface area contributed by atoms with Crippen LogP contribution < -0.4 is 51.4 Å². The van der Waals surface area contributed by atoms with Gasteiger partial charge < -0.3 is 14.9 Å². The Labute approximate surface area is 215 Å². The smallest absolute Gasteiger partial charge is 0.587 e. The van der Waals surface area contributed by atoms with E-state index in [1.807, 2.05) is 0 Å². The number of hydrogen-bond donors (Lipinski definition) is 0. The predicted octanol–water partition coefficient (Wildman–Crippen LogP) is 2.84. The van der Waals surface area contributed by atoms with Gasteiger partial charge in [-0.25, -0.2) is 0 Å². The van der Waals surface area contributed by atoms with Gasteiger partial charge in [0.25, 0.3) is 0 Å². The van der Waals surface area contributed by atoms with E-state index in [9.17, 15) is 14.4 Å². The summed E-state index contributed by atoms with van der Waals surface area (Å²) >= 11 is 9.12. The van der Waals surface area contributed by atoms with E-state index in [0.29, 0.717) is 22.6 Å². The summed E-state index contributed by atoms with van der Waals surface area (Å²) in [4.78, 5) is 33.4. The monoisotopic (exact) mass is 473 g/mol. The van der Waals surface area contributed by atoms with Crippen LogP contribution in [0.3, 0.4) is 0 Å². The van der Waals surface area contributed by atoms with E-state index in [4.69, 9.17) is 11.6 Å². The molecule has 27 heavy (non-hydrogen) atoms. The number of Topliss-reactive ketones (excluding diaryl/α,β-unsaturated/α-hetero) is 1. The van der Waals surface area contributed by atoms with E-state index in [-0.39, 0.29) is 57.2 Å². The molecule has 0 bridgehead atoms. The Morgan fingerprint density at radius 3 is 1.96 bits per heavy atom. The Kier molecular flexibility index (Phi) is 11.9. The summed E-state index contributed by atoms with van der Waals surface area (Å²) in [5.74, 6) is -0.641. The molecule has 0 unspecified atom stereocenters. The SMILES string of the molecule is O=C(CCCCCBr)c1ccc(Cl)cc1.O=C1[N-]C(=O)c2ccccc21.[K+]. The van der Waals surface area contributed by atoms with Gasteiger partial charge in [0.05, 0.1) is 11.8 Å². The van der Waals surface area contributed by atoms with Crippen LogP contribution in [-0.4, -0.2) is 22.9 Å². The van der Waals surface area contributed by atoms with Crippen LogP contribution in [0.4, 0.5) is 0 Å². The van der Waals surface area contributed by atoms with Crippen molar-refractivity contribution in [2.24, 2.45) is 0 Å². The second kappa shape index (κ2) is 13.0. The Morgan fingerprint density at radius 2 is 1.44 bits per heavy atom. The van der Waals surface area contributed by atoms with E-state index in [1.54, 1.807) is 48.5 Å². The molecule has 1 aliphatic rings. The maximum atomic E-state index is 11.7. The fourth-order valence-corrected chi connectivity index (χ4v) is 2.93. The van der Waals surface area contributed by atoms with Gasteiger partial charge in [-0.3, -0.25) is 4.79 Å². The number of nitrogens with zero attached hydrogens (tertiary/aromatic N) is 1. The maximum absolute atomic E-state index is 11.7. The van der Waals surface area contributed by atoms with Gasteiger partial charge in [-0.15, -0.1) is 0 Å². The van der Waals surface area contributed by atoms with Gasteiger partial charge in [0, 0.05) is 33.5 Å². The third-order valence-corrected chi connectivity index (χ3v) is 4.61. The minimum absolute atomic E-state index is 0. The third-order valence-electron chi connectivity index (χ3n) is 3.79. The number of rotatable bonds is 6. The van der Waals surface area contributed by atoms with Gasteiger partial charge in [-0.2, -0.15) is 0 Å². The van der Waals surface area contributed by atoms with Crippen molar-refractivity contribution in [2.45, 2.75) is 25.7 Å². The van der Waals surface area contributed by atoms with Crippen molar-refractivity contribution in [3.8, 4) is 0 Å². The fraction of sp³-hybridized carbons (Fsp3) is 0.250. The topological polar surface area (TPSA) is 65.3 Å². The fourth-order valence-electron chi connectivity index (χ4n) is 2.41. The number of halogens is 2. The number of unbranched alkanes of at least 4 members (excludes halogenated alkanes) is 2. The van der Waals surface area contributed by atoms with Crippen molar-refractivity contribution < 1.29 is 65.8 Å². The Bertz CT molecular complexity index is 763. The molecule has 0 fully saturated rings. The molecule has 0 atom stereocenters. The van der Waals surface area contributed by atoms with Crippen molar-refractivity contribution in [1.82, 2.24) is 0 Å². The van der Waals surface area contributed by atoms with Crippen LogP contribution in [0.25, 0.3) is 5.32 Å². The summed E-state index contributed by atoms with van der Waals surface area (Å²) in [7, 11) is 0. The van der Waals surface area contributed by atoms with E-state index < -0.39 is 11.8 Å². The van der Waals surface area contributed by atoms with E-state index in [0.717, 1.165) is 30.2 Å². The summed E-state index contributed by atoms with van der Waals surface area (Å²) in [6, 6.07) is 13.7. The van der Waals surface area contributed by atoms with Gasteiger partial charge in [0.1, 0.15) is 0 Å². The zero-order chi connectivity index (χ0) is 18.9. The maximum Gasteiger partial charge on any atom is 1.00 e. The molecule has 3 rings (SSSR count). The molecule has 2 aromatic rings. The summed E-state index contributed by atoms with van der Waals surface area (Å²) in [6.07, 6.45) is 3.83. The quantitative estimate of drug-likeness (QED) is 0.213. The molecular formula is C20H18BrClKNO3. The van der Waals surface area contributed by atoms with Gasteiger partial charge >= 0.3 is 51.4 Å². The molecule has 2 amide bonds. The van der Waals surface area contributed by atoms with Crippen molar-refractivity contribution in [2.75, 3.05) is 5.33 Å². The number of ketones is 1. The standard InChI is InChI=1S/C12H14BrClO.C8H5NO2.K/c13-9-3-1-2-4-12(15)10-5-7-11(14)8-6-10;10-7-5-3-1-2-4-6(5)8(11)9-7;/h5-8H,1-4,9H2;1-4H,(H,9,10,11);/q;;+1/p-1. The number of imide groups is 1. The second-order valence-electron chi connectivity index (χ2n) is 5.70. The predicted molar refractivity (Wildman–Crippen MR) is 107 cm³/mol. The zero-order valence-corrected chi connectivity index (χ0v) is 20.5. The van der Waals surface area contributed by atoms with Gasteiger partial charge in [-0.05, 0) is 37.1 Å². The van der Waals surface area contributed by atoms with Gasteiger partial charge in [0.2, 0.25) is 0 Å². The summed E-state index contributed by atoms with van der Waals surface area (Å²) in [5.41, 5.74) is 1.59. The average molecular weight is 475 g/mol.